The van der Waals surface area contributed by atoms with Crippen LogP contribution in [-0.4, -0.2) is 36.0 Å². The van der Waals surface area contributed by atoms with E-state index in [-0.39, 0.29) is 0 Å². The van der Waals surface area contributed by atoms with Gasteiger partial charge in [-0.3, -0.25) is 0 Å². The SMILES string of the molecule is NC1CCC2NCCNC2C1Br. The lowest BCUT2D eigenvalue weighted by atomic mass is 9.86. The van der Waals surface area contributed by atoms with Crippen LogP contribution < -0.4 is 16.4 Å². The Labute approximate surface area is 81.6 Å². The van der Waals surface area contributed by atoms with E-state index in [2.05, 4.69) is 26.6 Å². The van der Waals surface area contributed by atoms with Crippen molar-refractivity contribution in [3.05, 3.63) is 0 Å². The van der Waals surface area contributed by atoms with Crippen LogP contribution in [0.2, 0.25) is 0 Å². The first-order valence-electron chi connectivity index (χ1n) is 4.65. The Morgan fingerprint density at radius 3 is 2.75 bits per heavy atom. The van der Waals surface area contributed by atoms with Crippen molar-refractivity contribution in [2.24, 2.45) is 5.73 Å². The molecule has 2 rings (SSSR count). The van der Waals surface area contributed by atoms with E-state index in [1.807, 2.05) is 0 Å². The predicted molar refractivity (Wildman–Crippen MR) is 53.5 cm³/mol. The maximum absolute atomic E-state index is 5.97. The number of rotatable bonds is 0. The van der Waals surface area contributed by atoms with Crippen molar-refractivity contribution in [1.82, 2.24) is 10.6 Å². The van der Waals surface area contributed by atoms with E-state index < -0.39 is 0 Å². The quantitative estimate of drug-likeness (QED) is 0.509. The van der Waals surface area contributed by atoms with Gasteiger partial charge in [-0.05, 0) is 12.8 Å². The summed E-state index contributed by atoms with van der Waals surface area (Å²) in [6, 6.07) is 1.48. The second-order valence-electron chi connectivity index (χ2n) is 3.73. The molecule has 0 bridgehead atoms. The van der Waals surface area contributed by atoms with Crippen molar-refractivity contribution >= 4 is 15.9 Å². The van der Waals surface area contributed by atoms with Crippen LogP contribution in [0.25, 0.3) is 0 Å². The minimum absolute atomic E-state index is 0.318. The average molecular weight is 234 g/mol. The summed E-state index contributed by atoms with van der Waals surface area (Å²) >= 11 is 3.67. The van der Waals surface area contributed by atoms with Crippen LogP contribution in [0.15, 0.2) is 0 Å². The molecule has 0 amide bonds. The van der Waals surface area contributed by atoms with Crippen LogP contribution in [-0.2, 0) is 0 Å². The Balaban J connectivity index is 2.03. The number of alkyl halides is 1. The van der Waals surface area contributed by atoms with Crippen molar-refractivity contribution in [3.63, 3.8) is 0 Å². The van der Waals surface area contributed by atoms with Gasteiger partial charge in [-0.25, -0.2) is 0 Å². The molecular formula is C8H16BrN3. The molecule has 1 aliphatic heterocycles. The van der Waals surface area contributed by atoms with Gasteiger partial charge in [0.2, 0.25) is 0 Å². The van der Waals surface area contributed by atoms with E-state index in [1.165, 1.54) is 6.42 Å². The molecule has 1 saturated carbocycles. The number of nitrogens with two attached hydrogens (primary N) is 1. The van der Waals surface area contributed by atoms with Gasteiger partial charge in [-0.2, -0.15) is 0 Å². The smallest absolute Gasteiger partial charge is 0.0465 e. The summed E-state index contributed by atoms with van der Waals surface area (Å²) < 4.78 is 0. The molecule has 4 unspecified atom stereocenters. The zero-order valence-corrected chi connectivity index (χ0v) is 8.68. The molecule has 12 heavy (non-hydrogen) atoms. The second-order valence-corrected chi connectivity index (χ2v) is 4.78. The van der Waals surface area contributed by atoms with E-state index in [4.69, 9.17) is 5.73 Å². The lowest BCUT2D eigenvalue weighted by Gasteiger charge is -2.43. The molecular weight excluding hydrogens is 218 g/mol. The lowest BCUT2D eigenvalue weighted by molar-refractivity contribution is 0.243. The molecule has 3 nitrogen and oxygen atoms in total. The largest absolute Gasteiger partial charge is 0.327 e. The predicted octanol–water partition coefficient (Wildman–Crippen LogP) is -0.199. The monoisotopic (exact) mass is 233 g/mol. The Morgan fingerprint density at radius 1 is 1.17 bits per heavy atom. The number of hydrogen-bond donors (Lipinski definition) is 3. The zero-order valence-electron chi connectivity index (χ0n) is 7.09. The van der Waals surface area contributed by atoms with E-state index >= 15 is 0 Å². The topological polar surface area (TPSA) is 50.1 Å². The van der Waals surface area contributed by atoms with Gasteiger partial charge in [0.15, 0.2) is 0 Å². The van der Waals surface area contributed by atoms with Gasteiger partial charge in [0, 0.05) is 36.0 Å². The fourth-order valence-corrected chi connectivity index (χ4v) is 3.00. The van der Waals surface area contributed by atoms with Crippen LogP contribution in [0.4, 0.5) is 0 Å². The Bertz CT molecular complexity index is 162. The number of halogens is 1. The van der Waals surface area contributed by atoms with Gasteiger partial charge in [0.1, 0.15) is 0 Å². The van der Waals surface area contributed by atoms with Gasteiger partial charge < -0.3 is 16.4 Å². The fourth-order valence-electron chi connectivity index (χ4n) is 2.18. The standard InChI is InChI=1S/C8H16BrN3/c9-7-5(10)1-2-6-8(7)12-4-3-11-6/h5-8,11-12H,1-4,10H2. The molecule has 2 aliphatic rings. The third kappa shape index (κ3) is 1.53. The van der Waals surface area contributed by atoms with Crippen molar-refractivity contribution in [2.75, 3.05) is 13.1 Å². The molecule has 4 heteroatoms. The fraction of sp³-hybridized carbons (Fsp3) is 1.00. The highest BCUT2D eigenvalue weighted by Crippen LogP contribution is 2.25. The molecule has 2 fully saturated rings. The maximum atomic E-state index is 5.97. The molecule has 0 spiro atoms. The molecule has 4 atom stereocenters. The number of hydrogen-bond acceptors (Lipinski definition) is 3. The van der Waals surface area contributed by atoms with Gasteiger partial charge in [0.05, 0.1) is 0 Å². The first-order valence-corrected chi connectivity index (χ1v) is 5.57. The van der Waals surface area contributed by atoms with E-state index in [0.717, 1.165) is 19.5 Å². The van der Waals surface area contributed by atoms with Crippen LogP contribution in [0, 0.1) is 0 Å². The summed E-state index contributed by atoms with van der Waals surface area (Å²) in [6.45, 7) is 2.16. The average Bonchev–Trinajstić information content (AvgIpc) is 2.12. The van der Waals surface area contributed by atoms with Crippen LogP contribution >= 0.6 is 15.9 Å². The van der Waals surface area contributed by atoms with Crippen LogP contribution in [0.3, 0.4) is 0 Å². The summed E-state index contributed by atoms with van der Waals surface area (Å²) in [5.74, 6) is 0. The molecule has 4 N–H and O–H groups in total. The van der Waals surface area contributed by atoms with Gasteiger partial charge in [-0.15, -0.1) is 0 Å². The zero-order chi connectivity index (χ0) is 8.55. The molecule has 0 radical (unpaired) electrons. The highest BCUT2D eigenvalue weighted by atomic mass is 79.9. The van der Waals surface area contributed by atoms with E-state index in [9.17, 15) is 0 Å². The first kappa shape index (κ1) is 8.94. The van der Waals surface area contributed by atoms with Crippen LogP contribution in [0.1, 0.15) is 12.8 Å². The molecule has 1 saturated heterocycles. The summed E-state index contributed by atoms with van der Waals surface area (Å²) in [7, 11) is 0. The molecule has 1 aliphatic carbocycles. The normalized spacial score (nSPS) is 48.5. The highest BCUT2D eigenvalue weighted by Gasteiger charge is 2.37. The molecule has 70 valence electrons. The second kappa shape index (κ2) is 3.62. The van der Waals surface area contributed by atoms with E-state index in [1.54, 1.807) is 0 Å². The molecule has 0 aromatic rings. The van der Waals surface area contributed by atoms with Crippen molar-refractivity contribution in [3.8, 4) is 0 Å². The highest BCUT2D eigenvalue weighted by molar-refractivity contribution is 9.09. The third-order valence-electron chi connectivity index (χ3n) is 2.91. The summed E-state index contributed by atoms with van der Waals surface area (Å²) in [4.78, 5) is 0.434. The van der Waals surface area contributed by atoms with Gasteiger partial charge in [-0.1, -0.05) is 15.9 Å². The molecule has 1 heterocycles. The first-order chi connectivity index (χ1) is 5.79. The minimum Gasteiger partial charge on any atom is -0.327 e. The third-order valence-corrected chi connectivity index (χ3v) is 4.16. The summed E-state index contributed by atoms with van der Waals surface area (Å²) in [5, 5.41) is 7.04. The van der Waals surface area contributed by atoms with Crippen molar-refractivity contribution in [1.29, 1.82) is 0 Å². The number of piperazine rings is 1. The van der Waals surface area contributed by atoms with Crippen molar-refractivity contribution in [2.45, 2.75) is 35.8 Å². The van der Waals surface area contributed by atoms with Gasteiger partial charge >= 0.3 is 0 Å². The van der Waals surface area contributed by atoms with E-state index in [0.29, 0.717) is 23.0 Å². The molecule has 0 aromatic carbocycles. The Kier molecular flexibility index (Phi) is 2.69. The summed E-state index contributed by atoms with van der Waals surface area (Å²) in [5.41, 5.74) is 5.97. The lowest BCUT2D eigenvalue weighted by Crippen LogP contribution is -2.65. The summed E-state index contributed by atoms with van der Waals surface area (Å²) in [6.07, 6.45) is 2.34. The minimum atomic E-state index is 0.318. The maximum Gasteiger partial charge on any atom is 0.0465 e. The van der Waals surface area contributed by atoms with Crippen molar-refractivity contribution < 1.29 is 0 Å². The Hall–Kier alpha value is 0.360. The van der Waals surface area contributed by atoms with Gasteiger partial charge in [0.25, 0.3) is 0 Å². The number of fused-ring (bicyclic) bond motifs is 1. The van der Waals surface area contributed by atoms with Crippen LogP contribution in [0.5, 0.6) is 0 Å². The Morgan fingerprint density at radius 2 is 1.92 bits per heavy atom. The number of nitrogens with one attached hydrogen (secondary N) is 2. The molecule has 0 aromatic heterocycles.